The molecule has 2 rings (SSSR count). The number of primary sulfonamides is 1. The molecule has 0 bridgehead atoms. The highest BCUT2D eigenvalue weighted by Gasteiger charge is 2.27. The van der Waals surface area contributed by atoms with Crippen molar-refractivity contribution >= 4 is 25.7 Å². The molecule has 1 aliphatic rings. The first-order valence-electron chi connectivity index (χ1n) is 5.73. The second-order valence-corrected chi connectivity index (χ2v) is 7.73. The Bertz CT molecular complexity index is 708. The van der Waals surface area contributed by atoms with E-state index >= 15 is 0 Å². The van der Waals surface area contributed by atoms with Gasteiger partial charge in [0.25, 0.3) is 0 Å². The summed E-state index contributed by atoms with van der Waals surface area (Å²) in [7, 11) is -7.86. The number of hydrogen-bond donors (Lipinski definition) is 2. The van der Waals surface area contributed by atoms with Gasteiger partial charge in [-0.1, -0.05) is 0 Å². The SMILES string of the molecule is Nc1ccc(S(=O)(=O)N2CCOCC2)cc1S(N)(=O)=O. The van der Waals surface area contributed by atoms with E-state index in [1.54, 1.807) is 0 Å². The molecule has 1 saturated heterocycles. The first-order valence-corrected chi connectivity index (χ1v) is 8.72. The number of nitrogen functional groups attached to an aromatic ring is 1. The number of rotatable bonds is 3. The molecule has 0 aliphatic carbocycles. The van der Waals surface area contributed by atoms with Gasteiger partial charge >= 0.3 is 0 Å². The number of benzene rings is 1. The van der Waals surface area contributed by atoms with Gasteiger partial charge in [0.1, 0.15) is 4.90 Å². The fraction of sp³-hybridized carbons (Fsp3) is 0.400. The van der Waals surface area contributed by atoms with Crippen LogP contribution in [0.2, 0.25) is 0 Å². The molecule has 0 atom stereocenters. The fourth-order valence-corrected chi connectivity index (χ4v) is 4.05. The second-order valence-electron chi connectivity index (χ2n) is 4.26. The van der Waals surface area contributed by atoms with Gasteiger partial charge in [0, 0.05) is 13.1 Å². The number of ether oxygens (including phenoxy) is 1. The summed E-state index contributed by atoms with van der Waals surface area (Å²) in [5, 5.41) is 5.01. The summed E-state index contributed by atoms with van der Waals surface area (Å²) in [5.74, 6) is 0. The average molecular weight is 321 g/mol. The second kappa shape index (κ2) is 5.30. The van der Waals surface area contributed by atoms with Crippen LogP contribution in [-0.4, -0.2) is 47.4 Å². The van der Waals surface area contributed by atoms with E-state index < -0.39 is 24.9 Å². The minimum atomic E-state index is -4.08. The molecule has 4 N–H and O–H groups in total. The Morgan fingerprint density at radius 2 is 1.70 bits per heavy atom. The molecule has 0 saturated carbocycles. The van der Waals surface area contributed by atoms with E-state index in [0.717, 1.165) is 6.07 Å². The van der Waals surface area contributed by atoms with E-state index in [9.17, 15) is 16.8 Å². The Hall–Kier alpha value is -1.20. The van der Waals surface area contributed by atoms with Gasteiger partial charge in [-0.05, 0) is 18.2 Å². The zero-order chi connectivity index (χ0) is 15.0. The molecule has 0 unspecified atom stereocenters. The quantitative estimate of drug-likeness (QED) is 0.682. The van der Waals surface area contributed by atoms with Crippen LogP contribution in [0.3, 0.4) is 0 Å². The Balaban J connectivity index is 2.47. The summed E-state index contributed by atoms with van der Waals surface area (Å²) in [5.41, 5.74) is 5.42. The van der Waals surface area contributed by atoms with Gasteiger partial charge in [0.2, 0.25) is 20.0 Å². The van der Waals surface area contributed by atoms with Crippen LogP contribution >= 0.6 is 0 Å². The van der Waals surface area contributed by atoms with Gasteiger partial charge in [-0.2, -0.15) is 4.31 Å². The van der Waals surface area contributed by atoms with Gasteiger partial charge < -0.3 is 10.5 Å². The minimum Gasteiger partial charge on any atom is -0.398 e. The maximum Gasteiger partial charge on any atom is 0.243 e. The summed E-state index contributed by atoms with van der Waals surface area (Å²) < 4.78 is 53.8. The molecular weight excluding hydrogens is 306 g/mol. The fourth-order valence-electron chi connectivity index (χ4n) is 1.86. The highest BCUT2D eigenvalue weighted by Crippen LogP contribution is 2.24. The predicted octanol–water partition coefficient (Wildman–Crippen LogP) is -1.06. The van der Waals surface area contributed by atoms with Crippen molar-refractivity contribution in [3.63, 3.8) is 0 Å². The summed E-state index contributed by atoms with van der Waals surface area (Å²) >= 11 is 0. The van der Waals surface area contributed by atoms with Crippen molar-refractivity contribution in [1.82, 2.24) is 4.31 Å². The third-order valence-corrected chi connectivity index (χ3v) is 5.76. The van der Waals surface area contributed by atoms with Gasteiger partial charge in [0.05, 0.1) is 23.8 Å². The van der Waals surface area contributed by atoms with Crippen molar-refractivity contribution in [2.45, 2.75) is 9.79 Å². The van der Waals surface area contributed by atoms with Crippen molar-refractivity contribution < 1.29 is 21.6 Å². The van der Waals surface area contributed by atoms with Crippen LogP contribution in [0.5, 0.6) is 0 Å². The van der Waals surface area contributed by atoms with E-state index in [1.165, 1.54) is 16.4 Å². The molecule has 1 fully saturated rings. The average Bonchev–Trinajstić information content (AvgIpc) is 2.38. The van der Waals surface area contributed by atoms with Crippen molar-refractivity contribution in [2.75, 3.05) is 32.0 Å². The molecule has 1 aromatic rings. The van der Waals surface area contributed by atoms with Gasteiger partial charge in [-0.15, -0.1) is 0 Å². The maximum absolute atomic E-state index is 12.4. The molecule has 10 heteroatoms. The summed E-state index contributed by atoms with van der Waals surface area (Å²) in [6, 6.07) is 3.46. The third kappa shape index (κ3) is 2.94. The topological polar surface area (TPSA) is 133 Å². The molecule has 0 aromatic heterocycles. The number of nitrogens with zero attached hydrogens (tertiary/aromatic N) is 1. The van der Waals surface area contributed by atoms with Crippen LogP contribution in [0.15, 0.2) is 28.0 Å². The lowest BCUT2D eigenvalue weighted by atomic mass is 10.3. The molecule has 0 amide bonds. The van der Waals surface area contributed by atoms with Crippen molar-refractivity contribution in [3.8, 4) is 0 Å². The van der Waals surface area contributed by atoms with Crippen molar-refractivity contribution in [1.29, 1.82) is 0 Å². The highest BCUT2D eigenvalue weighted by atomic mass is 32.2. The summed E-state index contributed by atoms with van der Waals surface area (Å²) in [6.07, 6.45) is 0. The molecule has 20 heavy (non-hydrogen) atoms. The molecule has 1 aromatic carbocycles. The van der Waals surface area contributed by atoms with Crippen LogP contribution in [0, 0.1) is 0 Å². The molecule has 1 aliphatic heterocycles. The van der Waals surface area contributed by atoms with Gasteiger partial charge in [-0.3, -0.25) is 0 Å². The molecule has 8 nitrogen and oxygen atoms in total. The number of hydrogen-bond acceptors (Lipinski definition) is 6. The Morgan fingerprint density at radius 3 is 2.25 bits per heavy atom. The van der Waals surface area contributed by atoms with Crippen LogP contribution in [-0.2, 0) is 24.8 Å². The lowest BCUT2D eigenvalue weighted by molar-refractivity contribution is 0.0730. The first kappa shape index (κ1) is 15.2. The number of anilines is 1. The van der Waals surface area contributed by atoms with Crippen molar-refractivity contribution in [2.24, 2.45) is 5.14 Å². The monoisotopic (exact) mass is 321 g/mol. The van der Waals surface area contributed by atoms with Gasteiger partial charge in [0.15, 0.2) is 0 Å². The van der Waals surface area contributed by atoms with Crippen LogP contribution in [0.4, 0.5) is 5.69 Å². The molecular formula is C10H15N3O5S2. The third-order valence-electron chi connectivity index (χ3n) is 2.90. The van der Waals surface area contributed by atoms with Crippen LogP contribution < -0.4 is 10.9 Å². The maximum atomic E-state index is 12.4. The van der Waals surface area contributed by atoms with Crippen molar-refractivity contribution in [3.05, 3.63) is 18.2 Å². The largest absolute Gasteiger partial charge is 0.398 e. The van der Waals surface area contributed by atoms with Crippen LogP contribution in [0.25, 0.3) is 0 Å². The lowest BCUT2D eigenvalue weighted by Gasteiger charge is -2.26. The number of morpholine rings is 1. The molecule has 112 valence electrons. The van der Waals surface area contributed by atoms with E-state index in [4.69, 9.17) is 15.6 Å². The van der Waals surface area contributed by atoms with Gasteiger partial charge in [-0.25, -0.2) is 22.0 Å². The smallest absolute Gasteiger partial charge is 0.243 e. The van der Waals surface area contributed by atoms with E-state index in [1.807, 2.05) is 0 Å². The lowest BCUT2D eigenvalue weighted by Crippen LogP contribution is -2.40. The summed E-state index contributed by atoms with van der Waals surface area (Å²) in [6.45, 7) is 1.04. The minimum absolute atomic E-state index is 0.0894. The zero-order valence-corrected chi connectivity index (χ0v) is 12.2. The molecule has 1 heterocycles. The van der Waals surface area contributed by atoms with E-state index in [-0.39, 0.29) is 23.7 Å². The number of sulfonamides is 2. The molecule has 0 radical (unpaired) electrons. The summed E-state index contributed by atoms with van der Waals surface area (Å²) in [4.78, 5) is -0.551. The Labute approximate surface area is 117 Å². The van der Waals surface area contributed by atoms with E-state index in [0.29, 0.717) is 13.2 Å². The van der Waals surface area contributed by atoms with Crippen LogP contribution in [0.1, 0.15) is 0 Å². The first-order chi connectivity index (χ1) is 9.23. The highest BCUT2D eigenvalue weighted by molar-refractivity contribution is 7.90. The predicted molar refractivity (Wildman–Crippen MR) is 71.8 cm³/mol. The van der Waals surface area contributed by atoms with E-state index in [2.05, 4.69) is 0 Å². The standard InChI is InChI=1S/C10H15N3O5S2/c11-9-2-1-8(7-10(9)19(12,14)15)20(16,17)13-3-5-18-6-4-13/h1-2,7H,3-6,11H2,(H2,12,14,15). The Kier molecular flexibility index (Phi) is 4.02. The number of nitrogens with two attached hydrogens (primary N) is 2. The zero-order valence-electron chi connectivity index (χ0n) is 10.5. The Morgan fingerprint density at radius 1 is 1.10 bits per heavy atom. The molecule has 0 spiro atoms. The normalized spacial score (nSPS) is 18.1.